The molecule has 0 fully saturated rings. The highest BCUT2D eigenvalue weighted by Gasteiger charge is 2.17. The average Bonchev–Trinajstić information content (AvgIpc) is 2.91. The first kappa shape index (κ1) is 17.8. The Morgan fingerprint density at radius 3 is 2.24 bits per heavy atom. The largest absolute Gasteiger partial charge is 0.495 e. The van der Waals surface area contributed by atoms with Gasteiger partial charge in [0, 0.05) is 12.1 Å². The topological polar surface area (TPSA) is 69.9 Å². The number of sulfonamides is 1. The van der Waals surface area contributed by atoms with Crippen molar-refractivity contribution in [1.82, 2.24) is 4.57 Å². The van der Waals surface area contributed by atoms with Crippen molar-refractivity contribution in [1.29, 1.82) is 0 Å². The van der Waals surface area contributed by atoms with Gasteiger partial charge in [-0.15, -0.1) is 4.40 Å². The van der Waals surface area contributed by atoms with E-state index in [0.29, 0.717) is 21.3 Å². The number of thiazole rings is 1. The van der Waals surface area contributed by atoms with E-state index in [2.05, 4.69) is 4.40 Å². The molecular weight excluding hydrogens is 384 g/mol. The highest BCUT2D eigenvalue weighted by molar-refractivity contribution is 7.90. The summed E-state index contributed by atoms with van der Waals surface area (Å²) in [6.07, 6.45) is 0. The molecule has 0 radical (unpaired) electrons. The molecule has 0 N–H and O–H groups in total. The molecule has 0 unspecified atom stereocenters. The zero-order valence-electron chi connectivity index (χ0n) is 13.7. The van der Waals surface area contributed by atoms with Gasteiger partial charge in [0.2, 0.25) is 4.80 Å². The van der Waals surface area contributed by atoms with Gasteiger partial charge in [0.15, 0.2) is 0 Å². The number of ether oxygens (including phenoxy) is 2. The molecule has 0 saturated carbocycles. The number of methoxy groups -OCH3 is 2. The van der Waals surface area contributed by atoms with Gasteiger partial charge >= 0.3 is 0 Å². The molecule has 0 amide bonds. The van der Waals surface area contributed by atoms with E-state index >= 15 is 0 Å². The predicted molar refractivity (Wildman–Crippen MR) is 98.1 cm³/mol. The number of rotatable bonds is 4. The number of fused-ring (bicyclic) bond motifs is 1. The van der Waals surface area contributed by atoms with Gasteiger partial charge in [0.05, 0.1) is 19.1 Å². The summed E-state index contributed by atoms with van der Waals surface area (Å²) >= 11 is 7.03. The molecule has 0 bridgehead atoms. The lowest BCUT2D eigenvalue weighted by atomic mass is 10.3. The fourth-order valence-corrected chi connectivity index (χ4v) is 4.85. The molecule has 0 spiro atoms. The molecule has 1 heterocycles. The van der Waals surface area contributed by atoms with Crippen molar-refractivity contribution in [2.75, 3.05) is 14.2 Å². The summed E-state index contributed by atoms with van der Waals surface area (Å²) in [5.74, 6) is 1.24. The van der Waals surface area contributed by atoms with Gasteiger partial charge in [0.1, 0.15) is 21.7 Å². The number of hydrogen-bond donors (Lipinski definition) is 0. The summed E-state index contributed by atoms with van der Waals surface area (Å²) in [4.78, 5) is 0.390. The molecule has 1 aromatic heterocycles. The Morgan fingerprint density at radius 2 is 1.64 bits per heavy atom. The number of aryl methyl sites for hydroxylation is 1. The Bertz CT molecular complexity index is 1100. The van der Waals surface area contributed by atoms with E-state index < -0.39 is 10.0 Å². The van der Waals surface area contributed by atoms with E-state index in [1.165, 1.54) is 35.6 Å². The summed E-state index contributed by atoms with van der Waals surface area (Å²) in [6, 6.07) is 9.42. The number of nitrogens with zero attached hydrogens (tertiary/aromatic N) is 2. The fraction of sp³-hybridized carbons (Fsp3) is 0.188. The number of hydrogen-bond acceptors (Lipinski definition) is 5. The SMILES string of the molecule is COc1ccc(OC)c2c1s/c(=N\S(=O)(=O)c1ccc(Cl)cc1)n2C. The minimum Gasteiger partial charge on any atom is -0.495 e. The van der Waals surface area contributed by atoms with Crippen LogP contribution in [0.1, 0.15) is 0 Å². The van der Waals surface area contributed by atoms with Crippen molar-refractivity contribution < 1.29 is 17.9 Å². The zero-order valence-corrected chi connectivity index (χ0v) is 16.1. The Morgan fingerprint density at radius 1 is 1.04 bits per heavy atom. The molecule has 6 nitrogen and oxygen atoms in total. The number of benzene rings is 2. The van der Waals surface area contributed by atoms with E-state index in [4.69, 9.17) is 21.1 Å². The first-order valence-electron chi connectivity index (χ1n) is 7.14. The smallest absolute Gasteiger partial charge is 0.285 e. The first-order chi connectivity index (χ1) is 11.9. The molecule has 0 aliphatic carbocycles. The summed E-state index contributed by atoms with van der Waals surface area (Å²) in [5.41, 5.74) is 0.719. The van der Waals surface area contributed by atoms with Crippen LogP contribution >= 0.6 is 22.9 Å². The van der Waals surface area contributed by atoms with Crippen molar-refractivity contribution in [2.45, 2.75) is 4.90 Å². The molecular formula is C16H15ClN2O4S2. The van der Waals surface area contributed by atoms with Gasteiger partial charge in [-0.25, -0.2) is 0 Å². The van der Waals surface area contributed by atoms with Crippen LogP contribution in [0.4, 0.5) is 0 Å². The molecule has 0 saturated heterocycles. The highest BCUT2D eigenvalue weighted by atomic mass is 35.5. The summed E-state index contributed by atoms with van der Waals surface area (Å²) in [6.45, 7) is 0. The van der Waals surface area contributed by atoms with Gasteiger partial charge in [0.25, 0.3) is 10.0 Å². The predicted octanol–water partition coefficient (Wildman–Crippen LogP) is 3.20. The van der Waals surface area contributed by atoms with Crippen LogP contribution in [0.15, 0.2) is 45.7 Å². The van der Waals surface area contributed by atoms with E-state index in [1.807, 2.05) is 0 Å². The molecule has 0 atom stereocenters. The molecule has 9 heteroatoms. The van der Waals surface area contributed by atoms with E-state index in [1.54, 1.807) is 38.0 Å². The van der Waals surface area contributed by atoms with Crippen LogP contribution in [-0.4, -0.2) is 27.2 Å². The Balaban J connectivity index is 2.27. The maximum atomic E-state index is 12.6. The second-order valence-electron chi connectivity index (χ2n) is 5.11. The van der Waals surface area contributed by atoms with Crippen LogP contribution in [0.2, 0.25) is 5.02 Å². The lowest BCUT2D eigenvalue weighted by Gasteiger charge is -2.06. The van der Waals surface area contributed by atoms with E-state index in [0.717, 1.165) is 10.2 Å². The Hall–Kier alpha value is -2.03. The van der Waals surface area contributed by atoms with Gasteiger partial charge in [-0.05, 0) is 36.4 Å². The van der Waals surface area contributed by atoms with Crippen molar-refractivity contribution in [3.05, 3.63) is 46.2 Å². The van der Waals surface area contributed by atoms with Crippen LogP contribution < -0.4 is 14.3 Å². The normalized spacial score (nSPS) is 12.6. The highest BCUT2D eigenvalue weighted by Crippen LogP contribution is 2.34. The minimum atomic E-state index is -3.87. The monoisotopic (exact) mass is 398 g/mol. The molecule has 3 rings (SSSR count). The lowest BCUT2D eigenvalue weighted by Crippen LogP contribution is -2.14. The third kappa shape index (κ3) is 3.24. The van der Waals surface area contributed by atoms with Gasteiger partial charge < -0.3 is 14.0 Å². The van der Waals surface area contributed by atoms with Crippen LogP contribution in [0.3, 0.4) is 0 Å². The Labute approximate surface area is 154 Å². The third-order valence-corrected chi connectivity index (χ3v) is 6.42. The maximum Gasteiger partial charge on any atom is 0.285 e. The second-order valence-corrected chi connectivity index (χ2v) is 8.13. The second kappa shape index (κ2) is 6.70. The van der Waals surface area contributed by atoms with Crippen molar-refractivity contribution in [3.8, 4) is 11.5 Å². The molecule has 25 heavy (non-hydrogen) atoms. The first-order valence-corrected chi connectivity index (χ1v) is 9.78. The van der Waals surface area contributed by atoms with Gasteiger partial charge in [-0.2, -0.15) is 8.42 Å². The van der Waals surface area contributed by atoms with Crippen molar-refractivity contribution >= 4 is 43.2 Å². The summed E-state index contributed by atoms with van der Waals surface area (Å²) < 4.78 is 42.3. The molecule has 132 valence electrons. The van der Waals surface area contributed by atoms with E-state index in [9.17, 15) is 8.42 Å². The van der Waals surface area contributed by atoms with Crippen molar-refractivity contribution in [3.63, 3.8) is 0 Å². The number of halogens is 1. The van der Waals surface area contributed by atoms with E-state index in [-0.39, 0.29) is 4.90 Å². The zero-order chi connectivity index (χ0) is 18.2. The van der Waals surface area contributed by atoms with Crippen LogP contribution in [0.5, 0.6) is 11.5 Å². The van der Waals surface area contributed by atoms with Crippen molar-refractivity contribution in [2.24, 2.45) is 11.4 Å². The maximum absolute atomic E-state index is 12.6. The summed E-state index contributed by atoms with van der Waals surface area (Å²) in [7, 11) is 0.982. The fourth-order valence-electron chi connectivity index (χ4n) is 2.37. The van der Waals surface area contributed by atoms with Gasteiger partial charge in [-0.3, -0.25) is 0 Å². The third-order valence-electron chi connectivity index (χ3n) is 3.62. The lowest BCUT2D eigenvalue weighted by molar-refractivity contribution is 0.409. The molecule has 0 aliphatic rings. The molecule has 2 aromatic carbocycles. The molecule has 0 aliphatic heterocycles. The van der Waals surface area contributed by atoms with Gasteiger partial charge in [-0.1, -0.05) is 22.9 Å². The van der Waals surface area contributed by atoms with Crippen LogP contribution in [0, 0.1) is 0 Å². The summed E-state index contributed by atoms with van der Waals surface area (Å²) in [5, 5.41) is 0.459. The minimum absolute atomic E-state index is 0.0771. The quantitative estimate of drug-likeness (QED) is 0.676. The Kier molecular flexibility index (Phi) is 4.77. The molecule has 3 aromatic rings. The van der Waals surface area contributed by atoms with Crippen LogP contribution in [-0.2, 0) is 17.1 Å². The van der Waals surface area contributed by atoms with Crippen LogP contribution in [0.25, 0.3) is 10.2 Å². The average molecular weight is 399 g/mol. The number of aromatic nitrogens is 1. The standard InChI is InChI=1S/C16H15ClN2O4S2/c1-19-14-12(22-2)8-9-13(23-3)15(14)24-16(19)18-25(20,21)11-6-4-10(17)5-7-11/h4-9H,1-3H3/b18-16-.